The second-order valence-corrected chi connectivity index (χ2v) is 6.10. The molecular formula is C8H16NO3S+. The van der Waals surface area contributed by atoms with Gasteiger partial charge in [0.15, 0.2) is 9.84 Å². The van der Waals surface area contributed by atoms with E-state index in [1.54, 1.807) is 0 Å². The Labute approximate surface area is 78.8 Å². The molecule has 2 fully saturated rings. The van der Waals surface area contributed by atoms with Crippen molar-refractivity contribution in [2.75, 3.05) is 37.8 Å². The molecular weight excluding hydrogens is 190 g/mol. The molecule has 0 unspecified atom stereocenters. The van der Waals surface area contributed by atoms with Gasteiger partial charge in [-0.2, -0.15) is 0 Å². The molecule has 0 aromatic carbocycles. The Morgan fingerprint density at radius 2 is 1.92 bits per heavy atom. The summed E-state index contributed by atoms with van der Waals surface area (Å²) in [7, 11) is -2.71. The highest BCUT2D eigenvalue weighted by molar-refractivity contribution is 7.91. The van der Waals surface area contributed by atoms with E-state index in [4.69, 9.17) is 4.74 Å². The lowest BCUT2D eigenvalue weighted by molar-refractivity contribution is -0.929. The van der Waals surface area contributed by atoms with Gasteiger partial charge in [-0.1, -0.05) is 0 Å². The highest BCUT2D eigenvalue weighted by atomic mass is 32.2. The molecule has 2 saturated heterocycles. The van der Waals surface area contributed by atoms with Gasteiger partial charge in [-0.3, -0.25) is 0 Å². The summed E-state index contributed by atoms with van der Waals surface area (Å²) in [6.07, 6.45) is 0.845. The highest BCUT2D eigenvalue weighted by Crippen LogP contribution is 2.08. The number of hydrogen-bond donors (Lipinski definition) is 1. The van der Waals surface area contributed by atoms with Crippen molar-refractivity contribution in [2.24, 2.45) is 0 Å². The summed E-state index contributed by atoms with van der Waals surface area (Å²) in [6.45, 7) is 3.51. The number of nitrogens with one attached hydrogen (secondary N) is 1. The zero-order valence-electron chi connectivity index (χ0n) is 7.66. The number of quaternary nitrogens is 1. The summed E-state index contributed by atoms with van der Waals surface area (Å²) >= 11 is 0. The van der Waals surface area contributed by atoms with Crippen LogP contribution in [-0.4, -0.2) is 52.3 Å². The van der Waals surface area contributed by atoms with Crippen LogP contribution in [0.15, 0.2) is 0 Å². The van der Waals surface area contributed by atoms with E-state index in [1.165, 1.54) is 4.90 Å². The Morgan fingerprint density at radius 3 is 2.46 bits per heavy atom. The Balaban J connectivity index is 1.95. The minimum atomic E-state index is -2.71. The average Bonchev–Trinajstić information content (AvgIpc) is 2.48. The van der Waals surface area contributed by atoms with Crippen molar-refractivity contribution < 1.29 is 18.1 Å². The molecule has 0 bridgehead atoms. The summed E-state index contributed by atoms with van der Waals surface area (Å²) in [5.41, 5.74) is 0. The van der Waals surface area contributed by atoms with E-state index in [9.17, 15) is 8.42 Å². The lowest BCUT2D eigenvalue weighted by Gasteiger charge is -2.28. The summed E-state index contributed by atoms with van der Waals surface area (Å²) in [5.74, 6) is 0.782. The minimum Gasteiger partial charge on any atom is -0.370 e. The molecule has 1 atom stereocenters. The Kier molecular flexibility index (Phi) is 2.58. The van der Waals surface area contributed by atoms with Gasteiger partial charge in [-0.25, -0.2) is 8.42 Å². The van der Waals surface area contributed by atoms with Crippen LogP contribution in [0.2, 0.25) is 0 Å². The molecule has 76 valence electrons. The van der Waals surface area contributed by atoms with Crippen molar-refractivity contribution in [3.05, 3.63) is 0 Å². The zero-order chi connectivity index (χ0) is 9.31. The van der Waals surface area contributed by atoms with Gasteiger partial charge in [0, 0.05) is 6.42 Å². The largest absolute Gasteiger partial charge is 0.370 e. The number of ether oxygens (including phenoxy) is 1. The lowest BCUT2D eigenvalue weighted by Crippen LogP contribution is -3.17. The van der Waals surface area contributed by atoms with Crippen LogP contribution in [0.1, 0.15) is 6.42 Å². The van der Waals surface area contributed by atoms with Crippen molar-refractivity contribution >= 4 is 9.84 Å². The average molecular weight is 206 g/mol. The second-order valence-electron chi connectivity index (χ2n) is 3.87. The zero-order valence-corrected chi connectivity index (χ0v) is 8.48. The van der Waals surface area contributed by atoms with Crippen molar-refractivity contribution in [1.82, 2.24) is 0 Å². The van der Waals surface area contributed by atoms with E-state index in [2.05, 4.69) is 0 Å². The molecule has 0 aliphatic carbocycles. The molecule has 0 aromatic heterocycles. The van der Waals surface area contributed by atoms with E-state index in [1.807, 2.05) is 0 Å². The molecule has 0 amide bonds. The Morgan fingerprint density at radius 1 is 1.23 bits per heavy atom. The summed E-state index contributed by atoms with van der Waals surface area (Å²) in [4.78, 5) is 1.42. The molecule has 4 nitrogen and oxygen atoms in total. The number of hydrogen-bond acceptors (Lipinski definition) is 3. The standard InChI is InChI=1S/C8H15NO3S/c10-13(11)6-1-8(7-13)9-2-4-12-5-3-9/h8H,1-7H2/p+1/t8-/m0/s1. The van der Waals surface area contributed by atoms with Crippen molar-refractivity contribution in [2.45, 2.75) is 12.5 Å². The van der Waals surface area contributed by atoms with Crippen LogP contribution in [0, 0.1) is 0 Å². The smallest absolute Gasteiger partial charge is 0.156 e. The maximum atomic E-state index is 11.2. The minimum absolute atomic E-state index is 0.342. The fraction of sp³-hybridized carbons (Fsp3) is 1.00. The van der Waals surface area contributed by atoms with Crippen LogP contribution in [0.3, 0.4) is 0 Å². The van der Waals surface area contributed by atoms with Gasteiger partial charge in [-0.15, -0.1) is 0 Å². The monoisotopic (exact) mass is 206 g/mol. The van der Waals surface area contributed by atoms with Crippen LogP contribution in [0.25, 0.3) is 0 Å². The van der Waals surface area contributed by atoms with Crippen LogP contribution >= 0.6 is 0 Å². The van der Waals surface area contributed by atoms with Gasteiger partial charge in [-0.05, 0) is 0 Å². The van der Waals surface area contributed by atoms with Crippen LogP contribution in [0.4, 0.5) is 0 Å². The summed E-state index contributed by atoms with van der Waals surface area (Å²) < 4.78 is 27.7. The first kappa shape index (κ1) is 9.43. The maximum Gasteiger partial charge on any atom is 0.156 e. The molecule has 0 radical (unpaired) electrons. The van der Waals surface area contributed by atoms with Crippen LogP contribution < -0.4 is 4.90 Å². The normalized spacial score (nSPS) is 34.9. The fourth-order valence-electron chi connectivity index (χ4n) is 2.16. The van der Waals surface area contributed by atoms with Crippen LogP contribution in [0.5, 0.6) is 0 Å². The summed E-state index contributed by atoms with van der Waals surface area (Å²) in [5, 5.41) is 0. The topological polar surface area (TPSA) is 47.8 Å². The van der Waals surface area contributed by atoms with Crippen molar-refractivity contribution in [3.8, 4) is 0 Å². The fourth-order valence-corrected chi connectivity index (χ4v) is 3.98. The Bertz CT molecular complexity index is 269. The van der Waals surface area contributed by atoms with E-state index in [0.29, 0.717) is 17.5 Å². The molecule has 0 spiro atoms. The molecule has 2 aliphatic rings. The van der Waals surface area contributed by atoms with E-state index in [-0.39, 0.29) is 0 Å². The van der Waals surface area contributed by atoms with E-state index >= 15 is 0 Å². The molecule has 2 aliphatic heterocycles. The first-order valence-electron chi connectivity index (χ1n) is 4.80. The third-order valence-corrected chi connectivity index (χ3v) is 4.71. The van der Waals surface area contributed by atoms with Crippen molar-refractivity contribution in [1.29, 1.82) is 0 Å². The maximum absolute atomic E-state index is 11.2. The highest BCUT2D eigenvalue weighted by Gasteiger charge is 2.35. The van der Waals surface area contributed by atoms with E-state index in [0.717, 1.165) is 32.7 Å². The first-order valence-corrected chi connectivity index (χ1v) is 6.62. The molecule has 2 rings (SSSR count). The molecule has 2 heterocycles. The predicted molar refractivity (Wildman–Crippen MR) is 48.6 cm³/mol. The number of morpholine rings is 1. The van der Waals surface area contributed by atoms with Gasteiger partial charge in [0.1, 0.15) is 24.9 Å². The predicted octanol–water partition coefficient (Wildman–Crippen LogP) is -1.91. The van der Waals surface area contributed by atoms with Gasteiger partial charge in [0.25, 0.3) is 0 Å². The molecule has 13 heavy (non-hydrogen) atoms. The molecule has 0 saturated carbocycles. The lowest BCUT2D eigenvalue weighted by atomic mass is 10.2. The van der Waals surface area contributed by atoms with Gasteiger partial charge in [0.2, 0.25) is 0 Å². The van der Waals surface area contributed by atoms with Crippen molar-refractivity contribution in [3.63, 3.8) is 0 Å². The van der Waals surface area contributed by atoms with Gasteiger partial charge < -0.3 is 9.64 Å². The quantitative estimate of drug-likeness (QED) is 0.544. The number of sulfone groups is 1. The van der Waals surface area contributed by atoms with E-state index < -0.39 is 9.84 Å². The van der Waals surface area contributed by atoms with Gasteiger partial charge in [0.05, 0.1) is 19.0 Å². The molecule has 1 N–H and O–H groups in total. The van der Waals surface area contributed by atoms with Crippen LogP contribution in [-0.2, 0) is 14.6 Å². The third-order valence-electron chi connectivity index (χ3n) is 2.94. The Hall–Kier alpha value is -0.130. The number of rotatable bonds is 1. The summed E-state index contributed by atoms with van der Waals surface area (Å²) in [6, 6.07) is 0.342. The molecule has 0 aromatic rings. The van der Waals surface area contributed by atoms with Gasteiger partial charge >= 0.3 is 0 Å². The SMILES string of the molecule is O=S1(=O)CC[C@H]([NH+]2CCOCC2)C1. The molecule has 5 heteroatoms. The first-order chi connectivity index (χ1) is 6.17. The second kappa shape index (κ2) is 3.55. The third kappa shape index (κ3) is 2.21.